The number of ether oxygens (including phenoxy) is 2. The number of halogens is 1. The number of fused-ring (bicyclic) bond motifs is 1. The molecule has 0 aromatic heterocycles. The van der Waals surface area contributed by atoms with Crippen molar-refractivity contribution in [1.82, 2.24) is 0 Å². The molecule has 6 nitrogen and oxygen atoms in total. The van der Waals surface area contributed by atoms with Gasteiger partial charge < -0.3 is 19.7 Å². The van der Waals surface area contributed by atoms with Crippen LogP contribution in [-0.4, -0.2) is 31.6 Å². The lowest BCUT2D eigenvalue weighted by Crippen LogP contribution is -2.39. The molecule has 1 heterocycles. The molecule has 0 aliphatic carbocycles. The Morgan fingerprint density at radius 2 is 1.94 bits per heavy atom. The fourth-order valence-corrected chi connectivity index (χ4v) is 3.80. The highest BCUT2D eigenvalue weighted by atomic mass is 79.9. The minimum Gasteiger partial charge on any atom is -0.494 e. The standard InChI is InChI=1S/C25H23BrN2O4/c1-17-6-9-21(10-7-17)31-13-3-12-28-22-15-20(8-11-23(22)32-16-24(28)29)27-25(30)18-4-2-5-19(26)14-18/h2,4-11,14-15H,3,12-13,16H2,1H3,(H,27,30). The van der Waals surface area contributed by atoms with Crippen molar-refractivity contribution in [3.8, 4) is 11.5 Å². The quantitative estimate of drug-likeness (QED) is 0.458. The van der Waals surface area contributed by atoms with Crippen LogP contribution in [0.2, 0.25) is 0 Å². The average molecular weight is 495 g/mol. The van der Waals surface area contributed by atoms with Gasteiger partial charge >= 0.3 is 0 Å². The molecule has 164 valence electrons. The molecule has 0 spiro atoms. The maximum absolute atomic E-state index is 12.6. The normalized spacial score (nSPS) is 12.7. The molecule has 0 atom stereocenters. The molecule has 0 fully saturated rings. The van der Waals surface area contributed by atoms with Gasteiger partial charge in [-0.2, -0.15) is 0 Å². The first-order valence-electron chi connectivity index (χ1n) is 10.3. The van der Waals surface area contributed by atoms with Crippen molar-refractivity contribution in [2.24, 2.45) is 0 Å². The van der Waals surface area contributed by atoms with E-state index in [2.05, 4.69) is 21.2 Å². The number of benzene rings is 3. The Balaban J connectivity index is 1.42. The summed E-state index contributed by atoms with van der Waals surface area (Å²) >= 11 is 3.38. The number of amides is 2. The van der Waals surface area contributed by atoms with E-state index in [-0.39, 0.29) is 18.4 Å². The van der Waals surface area contributed by atoms with E-state index in [1.54, 1.807) is 41.3 Å². The summed E-state index contributed by atoms with van der Waals surface area (Å²) in [4.78, 5) is 26.8. The Morgan fingerprint density at radius 1 is 1.12 bits per heavy atom. The van der Waals surface area contributed by atoms with Crippen LogP contribution < -0.4 is 19.7 Å². The first-order chi connectivity index (χ1) is 15.5. The van der Waals surface area contributed by atoms with E-state index >= 15 is 0 Å². The van der Waals surface area contributed by atoms with Crippen molar-refractivity contribution >= 4 is 39.1 Å². The van der Waals surface area contributed by atoms with Gasteiger partial charge in [-0.1, -0.05) is 39.7 Å². The van der Waals surface area contributed by atoms with E-state index in [9.17, 15) is 9.59 Å². The number of aryl methyl sites for hydroxylation is 1. The van der Waals surface area contributed by atoms with E-state index in [4.69, 9.17) is 9.47 Å². The predicted octanol–water partition coefficient (Wildman–Crippen LogP) is 5.20. The highest BCUT2D eigenvalue weighted by Crippen LogP contribution is 2.35. The lowest BCUT2D eigenvalue weighted by atomic mass is 10.1. The molecule has 0 saturated heterocycles. The lowest BCUT2D eigenvalue weighted by molar-refractivity contribution is -0.121. The Bertz CT molecular complexity index is 1130. The number of hydrogen-bond acceptors (Lipinski definition) is 4. The zero-order chi connectivity index (χ0) is 22.5. The van der Waals surface area contributed by atoms with Crippen LogP contribution in [-0.2, 0) is 4.79 Å². The number of anilines is 2. The molecule has 4 rings (SSSR count). The molecule has 2 amide bonds. The number of nitrogens with one attached hydrogen (secondary N) is 1. The number of nitrogens with zero attached hydrogens (tertiary/aromatic N) is 1. The largest absolute Gasteiger partial charge is 0.494 e. The molecule has 1 aliphatic rings. The summed E-state index contributed by atoms with van der Waals surface area (Å²) in [6.07, 6.45) is 0.660. The van der Waals surface area contributed by atoms with Crippen LogP contribution in [0.25, 0.3) is 0 Å². The Labute approximate surface area is 195 Å². The lowest BCUT2D eigenvalue weighted by Gasteiger charge is -2.30. The molecule has 7 heteroatoms. The number of hydrogen-bond donors (Lipinski definition) is 1. The third kappa shape index (κ3) is 5.29. The van der Waals surface area contributed by atoms with Crippen molar-refractivity contribution in [2.75, 3.05) is 30.0 Å². The molecule has 1 N–H and O–H groups in total. The van der Waals surface area contributed by atoms with Gasteiger partial charge in [0.25, 0.3) is 11.8 Å². The van der Waals surface area contributed by atoms with Crippen LogP contribution in [0.4, 0.5) is 11.4 Å². The van der Waals surface area contributed by atoms with Gasteiger partial charge in [-0.3, -0.25) is 9.59 Å². The van der Waals surface area contributed by atoms with Crippen molar-refractivity contribution in [1.29, 1.82) is 0 Å². The highest BCUT2D eigenvalue weighted by molar-refractivity contribution is 9.10. The highest BCUT2D eigenvalue weighted by Gasteiger charge is 2.25. The van der Waals surface area contributed by atoms with E-state index in [0.29, 0.717) is 42.3 Å². The molecular weight excluding hydrogens is 472 g/mol. The first-order valence-corrected chi connectivity index (χ1v) is 11.1. The van der Waals surface area contributed by atoms with Gasteiger partial charge in [0, 0.05) is 22.3 Å². The van der Waals surface area contributed by atoms with Gasteiger partial charge in [0.1, 0.15) is 11.5 Å². The summed E-state index contributed by atoms with van der Waals surface area (Å²) in [7, 11) is 0. The van der Waals surface area contributed by atoms with E-state index in [1.165, 1.54) is 5.56 Å². The first kappa shape index (κ1) is 21.9. The smallest absolute Gasteiger partial charge is 0.265 e. The van der Waals surface area contributed by atoms with Crippen LogP contribution in [0.1, 0.15) is 22.3 Å². The number of rotatable bonds is 7. The zero-order valence-corrected chi connectivity index (χ0v) is 19.2. The molecule has 0 unspecified atom stereocenters. The van der Waals surface area contributed by atoms with Crippen molar-refractivity contribution < 1.29 is 19.1 Å². The second kappa shape index (κ2) is 9.87. The molecule has 0 saturated carbocycles. The minimum absolute atomic E-state index is 0.00440. The van der Waals surface area contributed by atoms with Gasteiger partial charge in [0.15, 0.2) is 6.61 Å². The second-order valence-electron chi connectivity index (χ2n) is 7.50. The monoisotopic (exact) mass is 494 g/mol. The molecular formula is C25H23BrN2O4. The Kier molecular flexibility index (Phi) is 6.75. The van der Waals surface area contributed by atoms with Crippen LogP contribution >= 0.6 is 15.9 Å². The summed E-state index contributed by atoms with van der Waals surface area (Å²) in [5, 5.41) is 2.89. The SMILES string of the molecule is Cc1ccc(OCCCN2C(=O)COc3ccc(NC(=O)c4cccc(Br)c4)cc32)cc1. The summed E-state index contributed by atoms with van der Waals surface area (Å²) in [6.45, 7) is 3.00. The van der Waals surface area contributed by atoms with Gasteiger partial charge in [-0.25, -0.2) is 0 Å². The summed E-state index contributed by atoms with van der Waals surface area (Å²) in [5.41, 5.74) is 2.95. The Hall–Kier alpha value is -3.32. The summed E-state index contributed by atoms with van der Waals surface area (Å²) in [5.74, 6) is 1.07. The van der Waals surface area contributed by atoms with Crippen molar-refractivity contribution in [3.63, 3.8) is 0 Å². The van der Waals surface area contributed by atoms with E-state index < -0.39 is 0 Å². The molecule has 1 aliphatic heterocycles. The summed E-state index contributed by atoms with van der Waals surface area (Å²) in [6, 6.07) is 20.3. The van der Waals surface area contributed by atoms with Gasteiger partial charge in [0.2, 0.25) is 0 Å². The Morgan fingerprint density at radius 3 is 2.72 bits per heavy atom. The fraction of sp³-hybridized carbons (Fsp3) is 0.200. The van der Waals surface area contributed by atoms with E-state index in [0.717, 1.165) is 10.2 Å². The maximum Gasteiger partial charge on any atom is 0.265 e. The van der Waals surface area contributed by atoms with Crippen LogP contribution in [0.15, 0.2) is 71.2 Å². The maximum atomic E-state index is 12.6. The van der Waals surface area contributed by atoms with Crippen LogP contribution in [0, 0.1) is 6.92 Å². The van der Waals surface area contributed by atoms with Crippen LogP contribution in [0.5, 0.6) is 11.5 Å². The third-order valence-corrected chi connectivity index (χ3v) is 5.56. The molecule has 3 aromatic carbocycles. The topological polar surface area (TPSA) is 67.9 Å². The average Bonchev–Trinajstić information content (AvgIpc) is 2.79. The molecule has 0 radical (unpaired) electrons. The minimum atomic E-state index is -0.229. The van der Waals surface area contributed by atoms with Crippen LogP contribution in [0.3, 0.4) is 0 Å². The number of carbonyl (C=O) groups is 2. The predicted molar refractivity (Wildman–Crippen MR) is 128 cm³/mol. The van der Waals surface area contributed by atoms with Gasteiger partial charge in [-0.05, 0) is 61.9 Å². The fourth-order valence-electron chi connectivity index (χ4n) is 3.41. The van der Waals surface area contributed by atoms with Crippen molar-refractivity contribution in [3.05, 3.63) is 82.3 Å². The van der Waals surface area contributed by atoms with E-state index in [1.807, 2.05) is 37.3 Å². The molecule has 3 aromatic rings. The summed E-state index contributed by atoms with van der Waals surface area (Å²) < 4.78 is 12.2. The molecule has 0 bridgehead atoms. The molecule has 32 heavy (non-hydrogen) atoms. The second-order valence-corrected chi connectivity index (χ2v) is 8.41. The van der Waals surface area contributed by atoms with Gasteiger partial charge in [-0.15, -0.1) is 0 Å². The van der Waals surface area contributed by atoms with Crippen molar-refractivity contribution in [2.45, 2.75) is 13.3 Å². The zero-order valence-electron chi connectivity index (χ0n) is 17.6. The van der Waals surface area contributed by atoms with Gasteiger partial charge in [0.05, 0.1) is 12.3 Å². The third-order valence-electron chi connectivity index (χ3n) is 5.06. The number of carbonyl (C=O) groups excluding carboxylic acids is 2.